The molecule has 0 saturated carbocycles. The third kappa shape index (κ3) is 3.15. The third-order valence-corrected chi connectivity index (χ3v) is 6.08. The first kappa shape index (κ1) is 18.2. The second-order valence-electron chi connectivity index (χ2n) is 6.45. The molecular weight excluding hydrogens is 376 g/mol. The van der Waals surface area contributed by atoms with Gasteiger partial charge in [-0.1, -0.05) is 24.3 Å². The van der Waals surface area contributed by atoms with Crippen LogP contribution < -0.4 is 10.0 Å². The van der Waals surface area contributed by atoms with Gasteiger partial charge >= 0.3 is 0 Å². The molecule has 142 valence electrons. The van der Waals surface area contributed by atoms with Crippen molar-refractivity contribution in [3.8, 4) is 0 Å². The monoisotopic (exact) mass is 394 g/mol. The topological polar surface area (TPSA) is 88.4 Å². The zero-order valence-electron chi connectivity index (χ0n) is 15.3. The first-order chi connectivity index (χ1) is 13.4. The molecule has 0 atom stereocenters. The van der Waals surface area contributed by atoms with E-state index in [0.29, 0.717) is 16.8 Å². The molecule has 0 unspecified atom stereocenters. The van der Waals surface area contributed by atoms with Gasteiger partial charge in [0.2, 0.25) is 10.0 Å². The van der Waals surface area contributed by atoms with Gasteiger partial charge in [0.25, 0.3) is 5.91 Å². The smallest absolute Gasteiger partial charge is 0.255 e. The van der Waals surface area contributed by atoms with Gasteiger partial charge in [-0.2, -0.15) is 0 Å². The van der Waals surface area contributed by atoms with Gasteiger partial charge in [0.1, 0.15) is 11.2 Å². The largest absolute Gasteiger partial charge is 0.456 e. The minimum absolute atomic E-state index is 0.0435. The Labute approximate surface area is 162 Å². The Morgan fingerprint density at radius 2 is 1.68 bits per heavy atom. The van der Waals surface area contributed by atoms with Crippen molar-refractivity contribution in [1.29, 1.82) is 0 Å². The maximum absolute atomic E-state index is 12.8. The van der Waals surface area contributed by atoms with Crippen LogP contribution in [-0.4, -0.2) is 21.4 Å². The summed E-state index contributed by atoms with van der Waals surface area (Å²) in [6, 6.07) is 17.6. The van der Waals surface area contributed by atoms with Crippen molar-refractivity contribution in [3.63, 3.8) is 0 Å². The lowest BCUT2D eigenvalue weighted by atomic mass is 10.1. The molecule has 0 saturated heterocycles. The highest BCUT2D eigenvalue weighted by Crippen LogP contribution is 2.30. The first-order valence-corrected chi connectivity index (χ1v) is 10.1. The SMILES string of the molecule is CNS(=O)(=O)c1ccc(C)c(C(=O)Nc2ccc3oc4ccccc4c3c2)c1. The summed E-state index contributed by atoms with van der Waals surface area (Å²) in [6.45, 7) is 1.76. The van der Waals surface area contributed by atoms with Crippen LogP contribution in [0.25, 0.3) is 21.9 Å². The molecule has 1 amide bonds. The van der Waals surface area contributed by atoms with E-state index in [-0.39, 0.29) is 10.8 Å². The van der Waals surface area contributed by atoms with Crippen LogP contribution in [0.1, 0.15) is 15.9 Å². The van der Waals surface area contributed by atoms with Gasteiger partial charge in [-0.15, -0.1) is 0 Å². The normalized spacial score (nSPS) is 11.8. The molecule has 4 rings (SSSR count). The number of carbonyl (C=O) groups is 1. The molecule has 1 aromatic heterocycles. The number of hydrogen-bond donors (Lipinski definition) is 2. The van der Waals surface area contributed by atoms with Crippen molar-refractivity contribution in [1.82, 2.24) is 4.72 Å². The van der Waals surface area contributed by atoms with E-state index in [0.717, 1.165) is 21.9 Å². The van der Waals surface area contributed by atoms with E-state index < -0.39 is 10.0 Å². The molecule has 7 heteroatoms. The van der Waals surface area contributed by atoms with Crippen molar-refractivity contribution >= 4 is 43.6 Å². The van der Waals surface area contributed by atoms with Gasteiger partial charge in [0.15, 0.2) is 0 Å². The molecule has 0 aliphatic heterocycles. The zero-order chi connectivity index (χ0) is 19.9. The lowest BCUT2D eigenvalue weighted by Gasteiger charge is -2.10. The highest BCUT2D eigenvalue weighted by Gasteiger charge is 2.17. The Balaban J connectivity index is 1.70. The van der Waals surface area contributed by atoms with Crippen LogP contribution in [0, 0.1) is 6.92 Å². The highest BCUT2D eigenvalue weighted by molar-refractivity contribution is 7.89. The van der Waals surface area contributed by atoms with Gasteiger partial charge in [-0.25, -0.2) is 13.1 Å². The number of sulfonamides is 1. The third-order valence-electron chi connectivity index (χ3n) is 4.67. The minimum atomic E-state index is -3.63. The Hall–Kier alpha value is -3.16. The second kappa shape index (κ2) is 6.78. The first-order valence-electron chi connectivity index (χ1n) is 8.66. The number of para-hydroxylation sites is 1. The van der Waals surface area contributed by atoms with Gasteiger partial charge in [-0.3, -0.25) is 4.79 Å². The van der Waals surface area contributed by atoms with Crippen LogP contribution in [0.2, 0.25) is 0 Å². The van der Waals surface area contributed by atoms with E-state index in [2.05, 4.69) is 10.0 Å². The number of fused-ring (bicyclic) bond motifs is 3. The van der Waals surface area contributed by atoms with Crippen LogP contribution in [0.15, 0.2) is 70.0 Å². The van der Waals surface area contributed by atoms with E-state index in [9.17, 15) is 13.2 Å². The minimum Gasteiger partial charge on any atom is -0.456 e. The molecule has 0 radical (unpaired) electrons. The summed E-state index contributed by atoms with van der Waals surface area (Å²) in [5.74, 6) is -0.377. The number of benzene rings is 3. The van der Waals surface area contributed by atoms with Crippen LogP contribution in [0.3, 0.4) is 0 Å². The fourth-order valence-electron chi connectivity index (χ4n) is 3.13. The number of hydrogen-bond acceptors (Lipinski definition) is 4. The molecule has 0 fully saturated rings. The van der Waals surface area contributed by atoms with E-state index in [1.165, 1.54) is 19.2 Å². The predicted molar refractivity (Wildman–Crippen MR) is 109 cm³/mol. The number of rotatable bonds is 4. The van der Waals surface area contributed by atoms with Crippen molar-refractivity contribution in [2.75, 3.05) is 12.4 Å². The summed E-state index contributed by atoms with van der Waals surface area (Å²) in [6.07, 6.45) is 0. The molecule has 1 heterocycles. The predicted octanol–water partition coefficient (Wildman–Crippen LogP) is 4.05. The van der Waals surface area contributed by atoms with E-state index in [1.54, 1.807) is 25.1 Å². The molecule has 0 bridgehead atoms. The van der Waals surface area contributed by atoms with Gasteiger partial charge in [0.05, 0.1) is 4.90 Å². The van der Waals surface area contributed by atoms with E-state index in [4.69, 9.17) is 4.42 Å². The van der Waals surface area contributed by atoms with Crippen LogP contribution in [-0.2, 0) is 10.0 Å². The molecule has 2 N–H and O–H groups in total. The fourth-order valence-corrected chi connectivity index (χ4v) is 3.89. The van der Waals surface area contributed by atoms with Crippen molar-refractivity contribution < 1.29 is 17.6 Å². The molecule has 0 aliphatic carbocycles. The van der Waals surface area contributed by atoms with Crippen molar-refractivity contribution in [2.24, 2.45) is 0 Å². The zero-order valence-corrected chi connectivity index (χ0v) is 16.1. The molecule has 0 aliphatic rings. The van der Waals surface area contributed by atoms with E-state index in [1.807, 2.05) is 30.3 Å². The van der Waals surface area contributed by atoms with Crippen molar-refractivity contribution in [3.05, 3.63) is 71.8 Å². The number of amides is 1. The quantitative estimate of drug-likeness (QED) is 0.546. The van der Waals surface area contributed by atoms with Crippen LogP contribution >= 0.6 is 0 Å². The second-order valence-corrected chi connectivity index (χ2v) is 8.33. The molecular formula is C21H18N2O4S. The molecule has 0 spiro atoms. The summed E-state index contributed by atoms with van der Waals surface area (Å²) >= 11 is 0. The maximum Gasteiger partial charge on any atom is 0.255 e. The standard InChI is InChI=1S/C21H18N2O4S/c1-13-7-9-15(28(25,26)22-2)12-17(13)21(24)23-14-8-10-20-18(11-14)16-5-3-4-6-19(16)27-20/h3-12,22H,1-2H3,(H,23,24). The molecule has 4 aromatic rings. The molecule has 28 heavy (non-hydrogen) atoms. The molecule has 6 nitrogen and oxygen atoms in total. The number of carbonyl (C=O) groups excluding carboxylic acids is 1. The average Bonchev–Trinajstić information content (AvgIpc) is 3.06. The van der Waals surface area contributed by atoms with Crippen molar-refractivity contribution in [2.45, 2.75) is 11.8 Å². The number of furan rings is 1. The lowest BCUT2D eigenvalue weighted by molar-refractivity contribution is 0.102. The molecule has 3 aromatic carbocycles. The Morgan fingerprint density at radius 3 is 2.46 bits per heavy atom. The summed E-state index contributed by atoms with van der Waals surface area (Å²) in [7, 11) is -2.30. The highest BCUT2D eigenvalue weighted by atomic mass is 32.2. The number of anilines is 1. The van der Waals surface area contributed by atoms with Crippen LogP contribution in [0.4, 0.5) is 5.69 Å². The summed E-state index contributed by atoms with van der Waals surface area (Å²) in [5, 5.41) is 4.71. The van der Waals surface area contributed by atoms with Gasteiger partial charge in [0, 0.05) is 22.0 Å². The fraction of sp³-hybridized carbons (Fsp3) is 0.0952. The summed E-state index contributed by atoms with van der Waals surface area (Å²) in [4.78, 5) is 12.8. The average molecular weight is 394 g/mol. The van der Waals surface area contributed by atoms with Gasteiger partial charge < -0.3 is 9.73 Å². The van der Waals surface area contributed by atoms with E-state index >= 15 is 0 Å². The lowest BCUT2D eigenvalue weighted by Crippen LogP contribution is -2.20. The Morgan fingerprint density at radius 1 is 0.929 bits per heavy atom. The van der Waals surface area contributed by atoms with Gasteiger partial charge in [-0.05, 0) is 55.9 Å². The number of aryl methyl sites for hydroxylation is 1. The number of nitrogens with one attached hydrogen (secondary N) is 2. The Kier molecular flexibility index (Phi) is 4.41. The maximum atomic E-state index is 12.8. The Bertz CT molecular complexity index is 1320. The summed E-state index contributed by atoms with van der Waals surface area (Å²) < 4.78 is 32.1. The van der Waals surface area contributed by atoms with Crippen LogP contribution in [0.5, 0.6) is 0 Å². The summed E-state index contributed by atoms with van der Waals surface area (Å²) in [5.41, 5.74) is 3.10.